The van der Waals surface area contributed by atoms with E-state index in [1.165, 1.54) is 11.1 Å². The fourth-order valence-electron chi connectivity index (χ4n) is 5.16. The van der Waals surface area contributed by atoms with E-state index >= 15 is 0 Å². The number of hydrogen-bond donors (Lipinski definition) is 0. The molecule has 8 heteroatoms. The highest BCUT2D eigenvalue weighted by Crippen LogP contribution is 2.37. The Bertz CT molecular complexity index is 1520. The van der Waals surface area contributed by atoms with E-state index in [9.17, 15) is 8.42 Å². The predicted molar refractivity (Wildman–Crippen MR) is 153 cm³/mol. The van der Waals surface area contributed by atoms with Gasteiger partial charge in [0.25, 0.3) is 0 Å². The lowest BCUT2D eigenvalue weighted by Crippen LogP contribution is -2.32. The largest absolute Gasteiger partial charge is 0.494 e. The molecule has 0 amide bonds. The zero-order chi connectivity index (χ0) is 27.6. The summed E-state index contributed by atoms with van der Waals surface area (Å²) in [7, 11) is -0.295. The predicted octanol–water partition coefficient (Wildman–Crippen LogP) is 5.49. The molecule has 0 radical (unpaired) electrons. The van der Waals surface area contributed by atoms with Crippen LogP contribution in [-0.4, -0.2) is 51.6 Å². The monoisotopic (exact) mass is 548 g/mol. The maximum Gasteiger partial charge on any atom is 0.187 e. The summed E-state index contributed by atoms with van der Waals surface area (Å²) in [4.78, 5) is 2.70. The van der Waals surface area contributed by atoms with Crippen molar-refractivity contribution in [3.8, 4) is 17.2 Å². The lowest BCUT2D eigenvalue weighted by Gasteiger charge is -2.29. The Kier molecular flexibility index (Phi) is 7.60. The highest BCUT2D eigenvalue weighted by Gasteiger charge is 2.38. The molecule has 0 aliphatic carbocycles. The molecule has 0 unspecified atom stereocenters. The fraction of sp³-hybridized carbons (Fsp3) is 0.355. The van der Waals surface area contributed by atoms with Gasteiger partial charge in [-0.25, -0.2) is 8.42 Å². The topological polar surface area (TPSA) is 69.5 Å². The van der Waals surface area contributed by atoms with E-state index in [4.69, 9.17) is 14.2 Å². The Morgan fingerprint density at radius 3 is 2.33 bits per heavy atom. The van der Waals surface area contributed by atoms with Crippen LogP contribution < -0.4 is 14.2 Å². The van der Waals surface area contributed by atoms with E-state index in [2.05, 4.69) is 17.0 Å². The third-order valence-electron chi connectivity index (χ3n) is 7.69. The summed E-state index contributed by atoms with van der Waals surface area (Å²) in [5.74, 6) is 2.21. The SMILES string of the molecule is COc1cc2c(cc1OC)CN(CCCOc1ccc(S(=O)(=O)C(C)(C)c3cc4ccccn4c3)cc1)CC2. The van der Waals surface area contributed by atoms with Crippen molar-refractivity contribution in [2.45, 2.75) is 42.9 Å². The second kappa shape index (κ2) is 10.9. The van der Waals surface area contributed by atoms with Crippen LogP contribution in [0.5, 0.6) is 17.2 Å². The van der Waals surface area contributed by atoms with Gasteiger partial charge in [-0.1, -0.05) is 6.07 Å². The van der Waals surface area contributed by atoms with Crippen LogP contribution in [0.15, 0.2) is 78.0 Å². The van der Waals surface area contributed by atoms with Crippen molar-refractivity contribution in [2.75, 3.05) is 33.9 Å². The smallest absolute Gasteiger partial charge is 0.187 e. The summed E-state index contributed by atoms with van der Waals surface area (Å²) >= 11 is 0. The summed E-state index contributed by atoms with van der Waals surface area (Å²) in [5.41, 5.74) is 4.30. The van der Waals surface area contributed by atoms with Crippen LogP contribution >= 0.6 is 0 Å². The van der Waals surface area contributed by atoms with E-state index < -0.39 is 14.6 Å². The highest BCUT2D eigenvalue weighted by atomic mass is 32.2. The average Bonchev–Trinajstić information content (AvgIpc) is 3.40. The lowest BCUT2D eigenvalue weighted by atomic mass is 9.98. The van der Waals surface area contributed by atoms with Crippen molar-refractivity contribution in [2.24, 2.45) is 0 Å². The second-order valence-corrected chi connectivity index (χ2v) is 12.9. The van der Waals surface area contributed by atoms with Gasteiger partial charge in [-0.15, -0.1) is 0 Å². The van der Waals surface area contributed by atoms with Gasteiger partial charge in [0.05, 0.1) is 30.5 Å². The van der Waals surface area contributed by atoms with Gasteiger partial charge >= 0.3 is 0 Å². The molecule has 7 nitrogen and oxygen atoms in total. The molecule has 39 heavy (non-hydrogen) atoms. The number of methoxy groups -OCH3 is 2. The minimum absolute atomic E-state index is 0.286. The van der Waals surface area contributed by atoms with Crippen molar-refractivity contribution in [3.05, 3.63) is 89.7 Å². The molecule has 0 fully saturated rings. The average molecular weight is 549 g/mol. The van der Waals surface area contributed by atoms with Gasteiger partial charge in [-0.3, -0.25) is 4.90 Å². The van der Waals surface area contributed by atoms with E-state index in [1.54, 1.807) is 52.3 Å². The number of nitrogens with zero attached hydrogens (tertiary/aromatic N) is 2. The molecule has 206 valence electrons. The standard InChI is InChI=1S/C31H36N2O5S/c1-31(2,25-20-26-8-5-6-15-33(26)22-25)39(34,35)28-11-9-27(10-12-28)38-17-7-14-32-16-13-23-18-29(36-3)30(37-4)19-24(23)21-32/h5-6,8-12,15,18-20,22H,7,13-14,16-17,21H2,1-4H3. The third kappa shape index (κ3) is 5.36. The molecule has 3 heterocycles. The summed E-state index contributed by atoms with van der Waals surface area (Å²) in [5, 5.41) is 0. The number of pyridine rings is 1. The molecule has 5 rings (SSSR count). The van der Waals surface area contributed by atoms with Gasteiger partial charge in [-0.05, 0) is 98.0 Å². The van der Waals surface area contributed by atoms with Crippen molar-refractivity contribution >= 4 is 15.4 Å². The van der Waals surface area contributed by atoms with Gasteiger partial charge in [0, 0.05) is 37.5 Å². The Morgan fingerprint density at radius 1 is 0.923 bits per heavy atom. The van der Waals surface area contributed by atoms with Gasteiger partial charge < -0.3 is 18.6 Å². The van der Waals surface area contributed by atoms with Crippen molar-refractivity contribution < 1.29 is 22.6 Å². The quantitative estimate of drug-likeness (QED) is 0.244. The molecular formula is C31H36N2O5S. The Balaban J connectivity index is 1.16. The molecule has 0 bridgehead atoms. The van der Waals surface area contributed by atoms with Crippen molar-refractivity contribution in [1.29, 1.82) is 0 Å². The first-order chi connectivity index (χ1) is 18.7. The maximum atomic E-state index is 13.6. The first-order valence-electron chi connectivity index (χ1n) is 13.2. The number of ether oxygens (including phenoxy) is 3. The summed E-state index contributed by atoms with van der Waals surface area (Å²) in [6, 6.07) is 18.7. The summed E-state index contributed by atoms with van der Waals surface area (Å²) in [6.45, 7) is 6.85. The number of hydrogen-bond acceptors (Lipinski definition) is 6. The van der Waals surface area contributed by atoms with E-state index in [0.717, 1.165) is 55.1 Å². The minimum Gasteiger partial charge on any atom is -0.494 e. The van der Waals surface area contributed by atoms with Crippen molar-refractivity contribution in [3.63, 3.8) is 0 Å². The van der Waals surface area contributed by atoms with Crippen molar-refractivity contribution in [1.82, 2.24) is 9.30 Å². The summed E-state index contributed by atoms with van der Waals surface area (Å²) < 4.78 is 44.9. The van der Waals surface area contributed by atoms with Gasteiger partial charge in [0.15, 0.2) is 21.3 Å². The van der Waals surface area contributed by atoms with Crippen LogP contribution in [0, 0.1) is 0 Å². The first kappa shape index (κ1) is 27.1. The number of sulfone groups is 1. The molecule has 0 saturated carbocycles. The molecule has 0 N–H and O–H groups in total. The molecule has 4 aromatic rings. The van der Waals surface area contributed by atoms with Crippen LogP contribution in [0.3, 0.4) is 0 Å². The molecular weight excluding hydrogens is 512 g/mol. The number of benzene rings is 2. The number of rotatable bonds is 10. The molecule has 0 atom stereocenters. The lowest BCUT2D eigenvalue weighted by molar-refractivity contribution is 0.220. The van der Waals surface area contributed by atoms with E-state index in [0.29, 0.717) is 12.4 Å². The van der Waals surface area contributed by atoms with Crippen LogP contribution in [0.4, 0.5) is 0 Å². The van der Waals surface area contributed by atoms with Gasteiger partial charge in [0.2, 0.25) is 0 Å². The third-order valence-corrected chi connectivity index (χ3v) is 10.2. The van der Waals surface area contributed by atoms with E-state index in [-0.39, 0.29) is 4.90 Å². The van der Waals surface area contributed by atoms with Crippen LogP contribution in [-0.2, 0) is 27.5 Å². The minimum atomic E-state index is -3.62. The van der Waals surface area contributed by atoms with Crippen LogP contribution in [0.1, 0.15) is 37.0 Å². The Labute approximate surface area is 230 Å². The Hall–Kier alpha value is -3.49. The second-order valence-electron chi connectivity index (χ2n) is 10.5. The van der Waals surface area contributed by atoms with E-state index in [1.807, 2.05) is 41.1 Å². The molecule has 2 aromatic carbocycles. The van der Waals surface area contributed by atoms with Gasteiger partial charge in [-0.2, -0.15) is 0 Å². The zero-order valence-corrected chi connectivity index (χ0v) is 23.8. The highest BCUT2D eigenvalue weighted by molar-refractivity contribution is 7.92. The normalized spacial score (nSPS) is 14.3. The zero-order valence-electron chi connectivity index (χ0n) is 23.0. The first-order valence-corrected chi connectivity index (χ1v) is 14.7. The van der Waals surface area contributed by atoms with Crippen LogP contribution in [0.25, 0.3) is 5.52 Å². The Morgan fingerprint density at radius 2 is 1.64 bits per heavy atom. The van der Waals surface area contributed by atoms with Gasteiger partial charge in [0.1, 0.15) is 5.75 Å². The number of aromatic nitrogens is 1. The molecule has 1 aliphatic rings. The molecule has 1 aliphatic heterocycles. The summed E-state index contributed by atoms with van der Waals surface area (Å²) in [6.07, 6.45) is 5.66. The fourth-order valence-corrected chi connectivity index (χ4v) is 6.67. The molecule has 0 saturated heterocycles. The number of fused-ring (bicyclic) bond motifs is 2. The molecule has 0 spiro atoms. The maximum absolute atomic E-state index is 13.6. The molecule has 2 aromatic heterocycles. The van der Waals surface area contributed by atoms with Crippen LogP contribution in [0.2, 0.25) is 0 Å².